The van der Waals surface area contributed by atoms with Gasteiger partial charge in [-0.2, -0.15) is 0 Å². The number of hydrogen-bond acceptors (Lipinski definition) is 4. The van der Waals surface area contributed by atoms with Crippen LogP contribution in [-0.4, -0.2) is 49.5 Å². The summed E-state index contributed by atoms with van der Waals surface area (Å²) in [7, 11) is 0. The Morgan fingerprint density at radius 1 is 1.07 bits per heavy atom. The van der Waals surface area contributed by atoms with Gasteiger partial charge in [-0.15, -0.1) is 0 Å². The van der Waals surface area contributed by atoms with Gasteiger partial charge < -0.3 is 15.4 Å². The number of benzene rings is 2. The lowest BCUT2D eigenvalue weighted by Crippen LogP contribution is -2.41. The lowest BCUT2D eigenvalue weighted by molar-refractivity contribution is -0.136. The molecular formula is C22H27N3O3. The summed E-state index contributed by atoms with van der Waals surface area (Å²) >= 11 is 0. The number of para-hydroxylation sites is 1. The summed E-state index contributed by atoms with van der Waals surface area (Å²) in [5.74, 6) is -1.24. The van der Waals surface area contributed by atoms with Crippen molar-refractivity contribution in [3.8, 4) is 0 Å². The fourth-order valence-electron chi connectivity index (χ4n) is 3.25. The van der Waals surface area contributed by atoms with Crippen molar-refractivity contribution < 1.29 is 14.3 Å². The molecule has 2 amide bonds. The Kier molecular flexibility index (Phi) is 7.17. The summed E-state index contributed by atoms with van der Waals surface area (Å²) in [6.07, 6.45) is 0.870. The summed E-state index contributed by atoms with van der Waals surface area (Å²) in [5, 5.41) is 5.34. The van der Waals surface area contributed by atoms with Gasteiger partial charge in [-0.25, -0.2) is 0 Å². The molecule has 2 aromatic carbocycles. The number of anilines is 1. The van der Waals surface area contributed by atoms with E-state index in [0.717, 1.165) is 31.6 Å². The quantitative estimate of drug-likeness (QED) is 0.596. The second-order valence-corrected chi connectivity index (χ2v) is 6.95. The number of nitrogens with zero attached hydrogens (tertiary/aromatic N) is 1. The minimum Gasteiger partial charge on any atom is -0.371 e. The number of hydrogen-bond donors (Lipinski definition) is 2. The van der Waals surface area contributed by atoms with Gasteiger partial charge in [0.1, 0.15) is 0 Å². The maximum Gasteiger partial charge on any atom is 0.313 e. The third-order valence-corrected chi connectivity index (χ3v) is 4.86. The Bertz CT molecular complexity index is 795. The largest absolute Gasteiger partial charge is 0.371 e. The number of carbonyl (C=O) groups is 2. The molecule has 28 heavy (non-hydrogen) atoms. The van der Waals surface area contributed by atoms with Crippen LogP contribution in [0.25, 0.3) is 0 Å². The van der Waals surface area contributed by atoms with Gasteiger partial charge in [0.15, 0.2) is 0 Å². The van der Waals surface area contributed by atoms with Gasteiger partial charge in [0.25, 0.3) is 0 Å². The molecule has 148 valence electrons. The molecule has 1 unspecified atom stereocenters. The summed E-state index contributed by atoms with van der Waals surface area (Å²) < 4.78 is 5.87. The predicted molar refractivity (Wildman–Crippen MR) is 109 cm³/mol. The van der Waals surface area contributed by atoms with Gasteiger partial charge in [-0.3, -0.25) is 14.5 Å². The lowest BCUT2D eigenvalue weighted by Gasteiger charge is -2.33. The third-order valence-electron chi connectivity index (χ3n) is 4.86. The van der Waals surface area contributed by atoms with Crippen molar-refractivity contribution in [1.29, 1.82) is 0 Å². The standard InChI is InChI=1S/C22H27N3O3/c1-17-8-5-6-11-19(17)24-22(27)21(26)23-12-7-13-25-14-15-28-20(16-25)18-9-3-2-4-10-18/h2-6,8-11,20H,7,12-16H2,1H3,(H,23,26)(H,24,27). The summed E-state index contributed by atoms with van der Waals surface area (Å²) in [4.78, 5) is 26.3. The molecule has 0 bridgehead atoms. The molecule has 1 aliphatic rings. The van der Waals surface area contributed by atoms with Crippen LogP contribution in [0.4, 0.5) is 5.69 Å². The van der Waals surface area contributed by atoms with E-state index in [0.29, 0.717) is 18.8 Å². The van der Waals surface area contributed by atoms with Crippen LogP contribution in [0.1, 0.15) is 23.7 Å². The highest BCUT2D eigenvalue weighted by molar-refractivity contribution is 6.39. The molecule has 1 fully saturated rings. The number of amides is 2. The van der Waals surface area contributed by atoms with E-state index in [1.54, 1.807) is 6.07 Å². The van der Waals surface area contributed by atoms with Crippen LogP contribution >= 0.6 is 0 Å². The fraction of sp³-hybridized carbons (Fsp3) is 0.364. The smallest absolute Gasteiger partial charge is 0.313 e. The Morgan fingerprint density at radius 3 is 2.61 bits per heavy atom. The van der Waals surface area contributed by atoms with Crippen molar-refractivity contribution in [2.24, 2.45) is 0 Å². The Morgan fingerprint density at radius 2 is 1.82 bits per heavy atom. The number of carbonyl (C=O) groups excluding carboxylic acids is 2. The van der Waals surface area contributed by atoms with E-state index in [1.807, 2.05) is 43.3 Å². The molecule has 2 aromatic rings. The maximum atomic E-state index is 12.0. The molecule has 3 rings (SSSR count). The number of aryl methyl sites for hydroxylation is 1. The van der Waals surface area contributed by atoms with E-state index in [1.165, 1.54) is 5.56 Å². The molecule has 2 N–H and O–H groups in total. The Hall–Kier alpha value is -2.70. The SMILES string of the molecule is Cc1ccccc1NC(=O)C(=O)NCCCN1CCOC(c2ccccc2)C1. The molecule has 0 radical (unpaired) electrons. The van der Waals surface area contributed by atoms with Gasteiger partial charge in [0, 0.05) is 31.9 Å². The minimum atomic E-state index is -0.634. The van der Waals surface area contributed by atoms with E-state index < -0.39 is 11.8 Å². The molecule has 0 saturated carbocycles. The average molecular weight is 381 g/mol. The second kappa shape index (κ2) is 10.0. The molecule has 6 heteroatoms. The molecular weight excluding hydrogens is 354 g/mol. The molecule has 1 atom stereocenters. The van der Waals surface area contributed by atoms with Gasteiger partial charge in [-0.05, 0) is 30.5 Å². The monoisotopic (exact) mass is 381 g/mol. The highest BCUT2D eigenvalue weighted by atomic mass is 16.5. The first-order valence-electron chi connectivity index (χ1n) is 9.67. The zero-order valence-corrected chi connectivity index (χ0v) is 16.2. The molecule has 1 aliphatic heterocycles. The number of ether oxygens (including phenoxy) is 1. The molecule has 6 nitrogen and oxygen atoms in total. The molecule has 1 saturated heterocycles. The van der Waals surface area contributed by atoms with E-state index in [2.05, 4.69) is 27.7 Å². The van der Waals surface area contributed by atoms with Gasteiger partial charge in [0.2, 0.25) is 0 Å². The van der Waals surface area contributed by atoms with Gasteiger partial charge in [0.05, 0.1) is 12.7 Å². The Labute approximate surface area is 165 Å². The van der Waals surface area contributed by atoms with Crippen LogP contribution in [0, 0.1) is 6.92 Å². The average Bonchev–Trinajstić information content (AvgIpc) is 2.73. The first-order chi connectivity index (χ1) is 13.6. The highest BCUT2D eigenvalue weighted by Crippen LogP contribution is 2.21. The van der Waals surface area contributed by atoms with Crippen molar-refractivity contribution in [3.63, 3.8) is 0 Å². The molecule has 0 aliphatic carbocycles. The molecule has 0 aromatic heterocycles. The molecule has 1 heterocycles. The number of nitrogens with one attached hydrogen (secondary N) is 2. The van der Waals surface area contributed by atoms with Crippen molar-refractivity contribution in [1.82, 2.24) is 10.2 Å². The lowest BCUT2D eigenvalue weighted by atomic mass is 10.1. The summed E-state index contributed by atoms with van der Waals surface area (Å²) in [5.41, 5.74) is 2.76. The van der Waals surface area contributed by atoms with Crippen LogP contribution in [0.2, 0.25) is 0 Å². The van der Waals surface area contributed by atoms with Crippen molar-refractivity contribution in [2.45, 2.75) is 19.4 Å². The van der Waals surface area contributed by atoms with Crippen molar-refractivity contribution in [3.05, 3.63) is 65.7 Å². The Balaban J connectivity index is 1.37. The van der Waals surface area contributed by atoms with Crippen molar-refractivity contribution in [2.75, 3.05) is 38.1 Å². The predicted octanol–water partition coefficient (Wildman–Crippen LogP) is 2.51. The van der Waals surface area contributed by atoms with Crippen LogP contribution in [-0.2, 0) is 14.3 Å². The fourth-order valence-corrected chi connectivity index (χ4v) is 3.25. The van der Waals surface area contributed by atoms with Crippen LogP contribution < -0.4 is 10.6 Å². The maximum absolute atomic E-state index is 12.0. The van der Waals surface area contributed by atoms with E-state index in [-0.39, 0.29) is 6.10 Å². The van der Waals surface area contributed by atoms with Crippen LogP contribution in [0.15, 0.2) is 54.6 Å². The number of rotatable bonds is 6. The third kappa shape index (κ3) is 5.65. The highest BCUT2D eigenvalue weighted by Gasteiger charge is 2.21. The van der Waals surface area contributed by atoms with Crippen molar-refractivity contribution >= 4 is 17.5 Å². The van der Waals surface area contributed by atoms with Crippen LogP contribution in [0.5, 0.6) is 0 Å². The van der Waals surface area contributed by atoms with Crippen LogP contribution in [0.3, 0.4) is 0 Å². The second-order valence-electron chi connectivity index (χ2n) is 6.95. The normalized spacial score (nSPS) is 17.1. The number of morpholine rings is 1. The van der Waals surface area contributed by atoms with Gasteiger partial charge >= 0.3 is 11.8 Å². The summed E-state index contributed by atoms with van der Waals surface area (Å²) in [6.45, 7) is 5.62. The first-order valence-corrected chi connectivity index (χ1v) is 9.67. The van der Waals surface area contributed by atoms with Gasteiger partial charge in [-0.1, -0.05) is 48.5 Å². The topological polar surface area (TPSA) is 70.7 Å². The zero-order valence-electron chi connectivity index (χ0n) is 16.2. The first kappa shape index (κ1) is 20.0. The van der Waals surface area contributed by atoms with E-state index >= 15 is 0 Å². The zero-order chi connectivity index (χ0) is 19.8. The van der Waals surface area contributed by atoms with E-state index in [4.69, 9.17) is 4.74 Å². The van der Waals surface area contributed by atoms with E-state index in [9.17, 15) is 9.59 Å². The molecule has 0 spiro atoms. The minimum absolute atomic E-state index is 0.0874. The summed E-state index contributed by atoms with van der Waals surface area (Å²) in [6, 6.07) is 17.6.